The molecule has 0 bridgehead atoms. The van der Waals surface area contributed by atoms with Gasteiger partial charge in [-0.05, 0) is 36.4 Å². The molecule has 1 aliphatic heterocycles. The van der Waals surface area contributed by atoms with Crippen LogP contribution in [0.15, 0.2) is 39.6 Å². The van der Waals surface area contributed by atoms with Crippen LogP contribution in [0.3, 0.4) is 0 Å². The normalized spacial score (nSPS) is 18.5. The molecule has 0 radical (unpaired) electrons. The van der Waals surface area contributed by atoms with Crippen LogP contribution >= 0.6 is 11.3 Å². The number of rotatable bonds is 4. The van der Waals surface area contributed by atoms with E-state index in [2.05, 4.69) is 40.1 Å². The molecule has 1 saturated carbocycles. The van der Waals surface area contributed by atoms with E-state index in [-0.39, 0.29) is 0 Å². The number of aromatic nitrogens is 2. The van der Waals surface area contributed by atoms with E-state index in [0.29, 0.717) is 5.92 Å². The molecule has 140 valence electrons. The predicted molar refractivity (Wildman–Crippen MR) is 108 cm³/mol. The van der Waals surface area contributed by atoms with Gasteiger partial charge in [0.1, 0.15) is 17.3 Å². The van der Waals surface area contributed by atoms with Crippen molar-refractivity contribution in [2.24, 2.45) is 0 Å². The number of thiophene rings is 1. The third kappa shape index (κ3) is 3.71. The van der Waals surface area contributed by atoms with Gasteiger partial charge in [-0.3, -0.25) is 4.90 Å². The van der Waals surface area contributed by atoms with E-state index in [1.165, 1.54) is 48.9 Å². The van der Waals surface area contributed by atoms with Crippen LogP contribution in [-0.2, 0) is 19.5 Å². The lowest BCUT2D eigenvalue weighted by Gasteiger charge is -2.28. The first-order valence-electron chi connectivity index (χ1n) is 10.0. The van der Waals surface area contributed by atoms with Gasteiger partial charge in [-0.2, -0.15) is 11.3 Å². The van der Waals surface area contributed by atoms with Gasteiger partial charge in [0.05, 0.1) is 6.54 Å². The van der Waals surface area contributed by atoms with Crippen molar-refractivity contribution in [3.63, 3.8) is 0 Å². The summed E-state index contributed by atoms with van der Waals surface area (Å²) < 4.78 is 6.05. The average molecular weight is 380 g/mol. The van der Waals surface area contributed by atoms with Gasteiger partial charge in [-0.15, -0.1) is 0 Å². The highest BCUT2D eigenvalue weighted by molar-refractivity contribution is 7.08. The van der Waals surface area contributed by atoms with Crippen molar-refractivity contribution in [2.45, 2.75) is 57.5 Å². The van der Waals surface area contributed by atoms with Crippen LogP contribution in [0, 0.1) is 0 Å². The zero-order valence-electron chi connectivity index (χ0n) is 15.6. The molecule has 0 spiro atoms. The zero-order chi connectivity index (χ0) is 18.1. The molecule has 4 heterocycles. The molecule has 1 fully saturated rings. The maximum Gasteiger partial charge on any atom is 0.135 e. The molecule has 3 aromatic rings. The standard InChI is InChI=1S/C22H25N3OS/c1-2-4-16(5-3-1)22-23-12-18-13-25(10-8-20(18)24-22)14-19-6-7-21(26-19)17-9-11-27-15-17/h6-7,9,11-12,15-16H,1-5,8,10,13-14H2. The Hall–Kier alpha value is -1.98. The van der Waals surface area contributed by atoms with E-state index in [4.69, 9.17) is 14.4 Å². The third-order valence-corrected chi connectivity index (χ3v) is 6.53. The minimum absolute atomic E-state index is 0.584. The van der Waals surface area contributed by atoms with Gasteiger partial charge < -0.3 is 4.42 Å². The topological polar surface area (TPSA) is 42.2 Å². The summed E-state index contributed by atoms with van der Waals surface area (Å²) in [6.07, 6.45) is 9.64. The number of nitrogens with zero attached hydrogens (tertiary/aromatic N) is 3. The minimum atomic E-state index is 0.584. The summed E-state index contributed by atoms with van der Waals surface area (Å²) in [6.45, 7) is 2.78. The molecule has 0 aromatic carbocycles. The van der Waals surface area contributed by atoms with Crippen LogP contribution in [0.1, 0.15) is 60.9 Å². The molecule has 1 aliphatic carbocycles. The van der Waals surface area contributed by atoms with Crippen molar-refractivity contribution < 1.29 is 4.42 Å². The quantitative estimate of drug-likeness (QED) is 0.608. The van der Waals surface area contributed by atoms with Crippen LogP contribution in [0.4, 0.5) is 0 Å². The van der Waals surface area contributed by atoms with E-state index in [9.17, 15) is 0 Å². The molecular formula is C22H25N3OS. The van der Waals surface area contributed by atoms with Gasteiger partial charge >= 0.3 is 0 Å². The van der Waals surface area contributed by atoms with Crippen molar-refractivity contribution in [3.05, 3.63) is 58.0 Å². The molecule has 5 heteroatoms. The first-order chi connectivity index (χ1) is 13.3. The fraction of sp³-hybridized carbons (Fsp3) is 0.455. The molecule has 0 saturated heterocycles. The fourth-order valence-electron chi connectivity index (χ4n) is 4.33. The Kier molecular flexibility index (Phi) is 4.80. The summed E-state index contributed by atoms with van der Waals surface area (Å²) >= 11 is 1.70. The van der Waals surface area contributed by atoms with Gasteiger partial charge in [0.25, 0.3) is 0 Å². The Labute approximate surface area is 164 Å². The molecule has 3 aromatic heterocycles. The van der Waals surface area contributed by atoms with E-state index >= 15 is 0 Å². The number of hydrogen-bond donors (Lipinski definition) is 0. The van der Waals surface area contributed by atoms with Gasteiger partial charge in [0.15, 0.2) is 0 Å². The van der Waals surface area contributed by atoms with E-state index < -0.39 is 0 Å². The maximum atomic E-state index is 6.05. The van der Waals surface area contributed by atoms with E-state index in [1.807, 2.05) is 0 Å². The second-order valence-corrected chi connectivity index (χ2v) is 8.55. The predicted octanol–water partition coefficient (Wildman–Crippen LogP) is 5.40. The lowest BCUT2D eigenvalue weighted by molar-refractivity contribution is 0.224. The summed E-state index contributed by atoms with van der Waals surface area (Å²) in [6, 6.07) is 6.28. The number of hydrogen-bond acceptors (Lipinski definition) is 5. The summed E-state index contributed by atoms with van der Waals surface area (Å²) in [5.74, 6) is 3.66. The minimum Gasteiger partial charge on any atom is -0.460 e. The highest BCUT2D eigenvalue weighted by Gasteiger charge is 2.23. The molecule has 4 nitrogen and oxygen atoms in total. The van der Waals surface area contributed by atoms with Gasteiger partial charge in [-0.25, -0.2) is 9.97 Å². The van der Waals surface area contributed by atoms with Crippen LogP contribution < -0.4 is 0 Å². The smallest absolute Gasteiger partial charge is 0.135 e. The Balaban J connectivity index is 1.26. The Morgan fingerprint density at radius 3 is 2.93 bits per heavy atom. The third-order valence-electron chi connectivity index (χ3n) is 5.85. The highest BCUT2D eigenvalue weighted by atomic mass is 32.1. The van der Waals surface area contributed by atoms with Crippen molar-refractivity contribution in [3.8, 4) is 11.3 Å². The summed E-state index contributed by atoms with van der Waals surface area (Å²) in [5.41, 5.74) is 3.71. The lowest BCUT2D eigenvalue weighted by Crippen LogP contribution is -2.31. The lowest BCUT2D eigenvalue weighted by atomic mass is 9.88. The second kappa shape index (κ2) is 7.56. The molecule has 2 aliphatic rings. The van der Waals surface area contributed by atoms with Gasteiger partial charge in [0, 0.05) is 53.8 Å². The van der Waals surface area contributed by atoms with Crippen molar-refractivity contribution in [1.29, 1.82) is 0 Å². The molecule has 27 heavy (non-hydrogen) atoms. The first kappa shape index (κ1) is 17.1. The van der Waals surface area contributed by atoms with Gasteiger partial charge in [-0.1, -0.05) is 19.3 Å². The van der Waals surface area contributed by atoms with Crippen molar-refractivity contribution in [2.75, 3.05) is 6.54 Å². The summed E-state index contributed by atoms with van der Waals surface area (Å²) in [4.78, 5) is 12.1. The molecule has 0 atom stereocenters. The molecule has 0 unspecified atom stereocenters. The Morgan fingerprint density at radius 1 is 1.15 bits per heavy atom. The molecule has 0 N–H and O–H groups in total. The van der Waals surface area contributed by atoms with Crippen LogP contribution in [0.25, 0.3) is 11.3 Å². The summed E-state index contributed by atoms with van der Waals surface area (Å²) in [7, 11) is 0. The second-order valence-electron chi connectivity index (χ2n) is 7.77. The monoisotopic (exact) mass is 379 g/mol. The molecule has 0 amide bonds. The van der Waals surface area contributed by atoms with Crippen LogP contribution in [-0.4, -0.2) is 21.4 Å². The summed E-state index contributed by atoms with van der Waals surface area (Å²) in [5, 5.41) is 4.21. The largest absolute Gasteiger partial charge is 0.460 e. The average Bonchev–Trinajstić information content (AvgIpc) is 3.40. The van der Waals surface area contributed by atoms with Crippen LogP contribution in [0.2, 0.25) is 0 Å². The molecular weight excluding hydrogens is 354 g/mol. The van der Waals surface area contributed by atoms with Crippen molar-refractivity contribution >= 4 is 11.3 Å². The van der Waals surface area contributed by atoms with Crippen LogP contribution in [0.5, 0.6) is 0 Å². The SMILES string of the molecule is c1cc(-c2ccc(CN3CCc4nc(C5CCCCC5)ncc4C3)o2)cs1. The first-order valence-corrected chi connectivity index (χ1v) is 11.0. The zero-order valence-corrected chi connectivity index (χ0v) is 16.4. The van der Waals surface area contributed by atoms with Crippen molar-refractivity contribution in [1.82, 2.24) is 14.9 Å². The number of furan rings is 1. The Morgan fingerprint density at radius 2 is 2.07 bits per heavy atom. The highest BCUT2D eigenvalue weighted by Crippen LogP contribution is 2.31. The van der Waals surface area contributed by atoms with E-state index in [0.717, 1.165) is 43.4 Å². The number of fused-ring (bicyclic) bond motifs is 1. The Bertz CT molecular complexity index is 896. The van der Waals surface area contributed by atoms with E-state index in [1.54, 1.807) is 11.3 Å². The van der Waals surface area contributed by atoms with Gasteiger partial charge in [0.2, 0.25) is 0 Å². The maximum absolute atomic E-state index is 6.05. The molecule has 5 rings (SSSR count). The fourth-order valence-corrected chi connectivity index (χ4v) is 4.97.